The molecular weight excluding hydrogens is 164 g/mol. The molecule has 74 valence electrons. The maximum absolute atomic E-state index is 11.9. The molecule has 13 heavy (non-hydrogen) atoms. The lowest BCUT2D eigenvalue weighted by atomic mass is 10.1. The molecule has 3 nitrogen and oxygen atoms in total. The van der Waals surface area contributed by atoms with Crippen LogP contribution in [0.4, 0.5) is 0 Å². The Morgan fingerprint density at radius 3 is 2.46 bits per heavy atom. The standard InChI is InChI=1S/C10H18N2O/c11-9-4-3-8(7-9)10(13)12-5-1-2-6-12/h8-9H,1-7,11H2. The van der Waals surface area contributed by atoms with E-state index in [0.717, 1.165) is 32.4 Å². The minimum atomic E-state index is 0.244. The van der Waals surface area contributed by atoms with Crippen molar-refractivity contribution in [3.05, 3.63) is 0 Å². The minimum absolute atomic E-state index is 0.244. The number of nitrogens with zero attached hydrogens (tertiary/aromatic N) is 1. The number of carbonyl (C=O) groups is 1. The third-order valence-electron chi connectivity index (χ3n) is 3.24. The molecule has 2 unspecified atom stereocenters. The predicted molar refractivity (Wildman–Crippen MR) is 51.1 cm³/mol. The molecule has 2 fully saturated rings. The van der Waals surface area contributed by atoms with Gasteiger partial charge in [0.25, 0.3) is 0 Å². The van der Waals surface area contributed by atoms with E-state index >= 15 is 0 Å². The van der Waals surface area contributed by atoms with Crippen LogP contribution in [0, 0.1) is 5.92 Å². The van der Waals surface area contributed by atoms with Gasteiger partial charge in [-0.1, -0.05) is 0 Å². The topological polar surface area (TPSA) is 46.3 Å². The second-order valence-corrected chi connectivity index (χ2v) is 4.30. The molecule has 2 atom stereocenters. The molecule has 1 heterocycles. The Bertz CT molecular complexity index is 199. The SMILES string of the molecule is NC1CCC(C(=O)N2CCCC2)C1. The molecule has 1 amide bonds. The summed E-state index contributed by atoms with van der Waals surface area (Å²) in [6.07, 6.45) is 5.32. The lowest BCUT2D eigenvalue weighted by Crippen LogP contribution is -2.33. The van der Waals surface area contributed by atoms with E-state index in [-0.39, 0.29) is 12.0 Å². The molecule has 0 aromatic carbocycles. The smallest absolute Gasteiger partial charge is 0.225 e. The lowest BCUT2D eigenvalue weighted by molar-refractivity contribution is -0.134. The van der Waals surface area contributed by atoms with Gasteiger partial charge in [0.15, 0.2) is 0 Å². The van der Waals surface area contributed by atoms with Gasteiger partial charge < -0.3 is 10.6 Å². The minimum Gasteiger partial charge on any atom is -0.342 e. The van der Waals surface area contributed by atoms with E-state index in [1.807, 2.05) is 4.90 Å². The molecular formula is C10H18N2O. The summed E-state index contributed by atoms with van der Waals surface area (Å²) < 4.78 is 0. The van der Waals surface area contributed by atoms with Crippen LogP contribution in [0.1, 0.15) is 32.1 Å². The van der Waals surface area contributed by atoms with E-state index in [1.54, 1.807) is 0 Å². The summed E-state index contributed by atoms with van der Waals surface area (Å²) in [6, 6.07) is 0.275. The van der Waals surface area contributed by atoms with Crippen LogP contribution in [0.15, 0.2) is 0 Å². The van der Waals surface area contributed by atoms with Crippen molar-refractivity contribution in [2.24, 2.45) is 11.7 Å². The Morgan fingerprint density at radius 1 is 1.23 bits per heavy atom. The molecule has 1 aliphatic carbocycles. The summed E-state index contributed by atoms with van der Waals surface area (Å²) >= 11 is 0. The van der Waals surface area contributed by atoms with Crippen LogP contribution >= 0.6 is 0 Å². The fraction of sp³-hybridized carbons (Fsp3) is 0.900. The highest BCUT2D eigenvalue weighted by molar-refractivity contribution is 5.79. The van der Waals surface area contributed by atoms with E-state index in [4.69, 9.17) is 5.73 Å². The first-order valence-corrected chi connectivity index (χ1v) is 5.32. The zero-order valence-electron chi connectivity index (χ0n) is 8.04. The number of likely N-dealkylation sites (tertiary alicyclic amines) is 1. The maximum atomic E-state index is 11.9. The molecule has 1 saturated heterocycles. The second-order valence-electron chi connectivity index (χ2n) is 4.30. The molecule has 0 spiro atoms. The molecule has 1 saturated carbocycles. The van der Waals surface area contributed by atoms with Crippen molar-refractivity contribution in [1.82, 2.24) is 4.90 Å². The Morgan fingerprint density at radius 2 is 1.92 bits per heavy atom. The van der Waals surface area contributed by atoms with Crippen molar-refractivity contribution in [3.8, 4) is 0 Å². The van der Waals surface area contributed by atoms with Gasteiger partial charge in [0.1, 0.15) is 0 Å². The van der Waals surface area contributed by atoms with Crippen molar-refractivity contribution < 1.29 is 4.79 Å². The Labute approximate surface area is 79.3 Å². The Kier molecular flexibility index (Phi) is 2.54. The summed E-state index contributed by atoms with van der Waals surface area (Å²) in [5.41, 5.74) is 5.79. The van der Waals surface area contributed by atoms with E-state index in [9.17, 15) is 4.79 Å². The monoisotopic (exact) mass is 182 g/mol. The molecule has 1 aliphatic heterocycles. The van der Waals surface area contributed by atoms with Crippen molar-refractivity contribution in [3.63, 3.8) is 0 Å². The van der Waals surface area contributed by atoms with Crippen LogP contribution < -0.4 is 5.73 Å². The van der Waals surface area contributed by atoms with Crippen LogP contribution in [0.5, 0.6) is 0 Å². The lowest BCUT2D eigenvalue weighted by Gasteiger charge is -2.19. The molecule has 2 N–H and O–H groups in total. The quantitative estimate of drug-likeness (QED) is 0.650. The molecule has 0 aromatic heterocycles. The zero-order chi connectivity index (χ0) is 9.26. The number of rotatable bonds is 1. The number of hydrogen-bond donors (Lipinski definition) is 1. The van der Waals surface area contributed by atoms with Crippen LogP contribution in [0.25, 0.3) is 0 Å². The van der Waals surface area contributed by atoms with Gasteiger partial charge in [-0.3, -0.25) is 4.79 Å². The fourth-order valence-corrected chi connectivity index (χ4v) is 2.44. The summed E-state index contributed by atoms with van der Waals surface area (Å²) in [6.45, 7) is 1.95. The van der Waals surface area contributed by atoms with E-state index < -0.39 is 0 Å². The van der Waals surface area contributed by atoms with Gasteiger partial charge in [0.05, 0.1) is 0 Å². The highest BCUT2D eigenvalue weighted by Crippen LogP contribution is 2.27. The molecule has 3 heteroatoms. The molecule has 2 aliphatic rings. The van der Waals surface area contributed by atoms with Crippen LogP contribution in [-0.4, -0.2) is 29.9 Å². The number of amides is 1. The molecule has 0 radical (unpaired) electrons. The molecule has 0 bridgehead atoms. The Hall–Kier alpha value is -0.570. The van der Waals surface area contributed by atoms with Crippen molar-refractivity contribution in [1.29, 1.82) is 0 Å². The van der Waals surface area contributed by atoms with Gasteiger partial charge in [0.2, 0.25) is 5.91 Å². The van der Waals surface area contributed by atoms with Crippen molar-refractivity contribution in [2.75, 3.05) is 13.1 Å². The Balaban J connectivity index is 1.89. The average molecular weight is 182 g/mol. The highest BCUT2D eigenvalue weighted by Gasteiger charge is 2.31. The molecule has 0 aromatic rings. The maximum Gasteiger partial charge on any atom is 0.225 e. The fourth-order valence-electron chi connectivity index (χ4n) is 2.44. The molecule has 2 rings (SSSR count). The van der Waals surface area contributed by atoms with E-state index in [2.05, 4.69) is 0 Å². The van der Waals surface area contributed by atoms with Gasteiger partial charge in [0, 0.05) is 25.0 Å². The summed E-state index contributed by atoms with van der Waals surface area (Å²) in [7, 11) is 0. The van der Waals surface area contributed by atoms with Crippen LogP contribution in [0.3, 0.4) is 0 Å². The third-order valence-corrected chi connectivity index (χ3v) is 3.24. The van der Waals surface area contributed by atoms with Gasteiger partial charge in [-0.25, -0.2) is 0 Å². The average Bonchev–Trinajstić information content (AvgIpc) is 2.72. The van der Waals surface area contributed by atoms with Crippen LogP contribution in [-0.2, 0) is 4.79 Å². The van der Waals surface area contributed by atoms with Gasteiger partial charge >= 0.3 is 0 Å². The summed E-state index contributed by atoms with van der Waals surface area (Å²) in [5.74, 6) is 0.610. The first kappa shape index (κ1) is 9.00. The number of hydrogen-bond acceptors (Lipinski definition) is 2. The van der Waals surface area contributed by atoms with Crippen molar-refractivity contribution in [2.45, 2.75) is 38.1 Å². The number of carbonyl (C=O) groups excluding carboxylic acids is 1. The zero-order valence-corrected chi connectivity index (χ0v) is 8.04. The summed E-state index contributed by atoms with van der Waals surface area (Å²) in [4.78, 5) is 13.9. The van der Waals surface area contributed by atoms with Crippen molar-refractivity contribution >= 4 is 5.91 Å². The van der Waals surface area contributed by atoms with E-state index in [1.165, 1.54) is 12.8 Å². The second kappa shape index (κ2) is 3.66. The number of nitrogens with two attached hydrogens (primary N) is 1. The largest absolute Gasteiger partial charge is 0.342 e. The first-order valence-electron chi connectivity index (χ1n) is 5.32. The van der Waals surface area contributed by atoms with Gasteiger partial charge in [-0.15, -0.1) is 0 Å². The first-order chi connectivity index (χ1) is 6.27. The highest BCUT2D eigenvalue weighted by atomic mass is 16.2. The van der Waals surface area contributed by atoms with E-state index in [0.29, 0.717) is 5.91 Å². The van der Waals surface area contributed by atoms with Gasteiger partial charge in [-0.2, -0.15) is 0 Å². The van der Waals surface area contributed by atoms with Gasteiger partial charge in [-0.05, 0) is 32.1 Å². The third kappa shape index (κ3) is 1.85. The summed E-state index contributed by atoms with van der Waals surface area (Å²) in [5, 5.41) is 0. The van der Waals surface area contributed by atoms with Crippen LogP contribution in [0.2, 0.25) is 0 Å². The predicted octanol–water partition coefficient (Wildman–Crippen LogP) is 0.736. The normalized spacial score (nSPS) is 34.1.